The van der Waals surface area contributed by atoms with Crippen LogP contribution in [0.5, 0.6) is 0 Å². The van der Waals surface area contributed by atoms with E-state index < -0.39 is 0 Å². The number of nitrogens with one attached hydrogen (secondary N) is 1. The average molecular weight is 238 g/mol. The quantitative estimate of drug-likeness (QED) is 0.785. The summed E-state index contributed by atoms with van der Waals surface area (Å²) in [6, 6.07) is 7.26. The molecule has 1 atom stereocenters. The van der Waals surface area contributed by atoms with Crippen LogP contribution in [0.2, 0.25) is 0 Å². The van der Waals surface area contributed by atoms with Crippen LogP contribution in [-0.4, -0.2) is 31.6 Å². The van der Waals surface area contributed by atoms with Gasteiger partial charge in [0, 0.05) is 19.1 Å². The minimum Gasteiger partial charge on any atom is -0.316 e. The first-order chi connectivity index (χ1) is 8.15. The Labute approximate surface area is 104 Å². The maximum atomic E-state index is 12.8. The topological polar surface area (TPSA) is 15.3 Å². The molecule has 0 spiro atoms. The molecular weight excluding hydrogens is 215 g/mol. The SMILES string of the molecule is CCCC(CN(C)Cc1ccc(F)cc1)NC. The Bertz CT molecular complexity index is 311. The van der Waals surface area contributed by atoms with Gasteiger partial charge in [0.15, 0.2) is 0 Å². The van der Waals surface area contributed by atoms with Crippen molar-refractivity contribution in [1.29, 1.82) is 0 Å². The number of nitrogens with zero attached hydrogens (tertiary/aromatic N) is 1. The molecule has 0 bridgehead atoms. The van der Waals surface area contributed by atoms with E-state index in [9.17, 15) is 4.39 Å². The molecule has 0 heterocycles. The van der Waals surface area contributed by atoms with Crippen molar-refractivity contribution >= 4 is 0 Å². The molecule has 1 aromatic carbocycles. The lowest BCUT2D eigenvalue weighted by Crippen LogP contribution is -2.37. The van der Waals surface area contributed by atoms with Crippen LogP contribution in [0.4, 0.5) is 4.39 Å². The summed E-state index contributed by atoms with van der Waals surface area (Å²) in [5.41, 5.74) is 1.15. The van der Waals surface area contributed by atoms with Gasteiger partial charge in [0.1, 0.15) is 5.82 Å². The number of benzene rings is 1. The van der Waals surface area contributed by atoms with Crippen LogP contribution in [0.15, 0.2) is 24.3 Å². The second kappa shape index (κ2) is 7.41. The van der Waals surface area contributed by atoms with Crippen LogP contribution in [-0.2, 0) is 6.54 Å². The van der Waals surface area contributed by atoms with Gasteiger partial charge in [0.2, 0.25) is 0 Å². The first-order valence-electron chi connectivity index (χ1n) is 6.26. The zero-order valence-electron chi connectivity index (χ0n) is 11.0. The van der Waals surface area contributed by atoms with E-state index in [0.717, 1.165) is 18.7 Å². The van der Waals surface area contributed by atoms with E-state index in [4.69, 9.17) is 0 Å². The normalized spacial score (nSPS) is 13.0. The van der Waals surface area contributed by atoms with E-state index in [1.54, 1.807) is 0 Å². The van der Waals surface area contributed by atoms with Crippen molar-refractivity contribution in [2.24, 2.45) is 0 Å². The van der Waals surface area contributed by atoms with Gasteiger partial charge >= 0.3 is 0 Å². The molecule has 0 aliphatic carbocycles. The van der Waals surface area contributed by atoms with E-state index in [1.807, 2.05) is 19.2 Å². The number of likely N-dealkylation sites (N-methyl/N-ethyl adjacent to an activating group) is 2. The van der Waals surface area contributed by atoms with Gasteiger partial charge in [-0.2, -0.15) is 0 Å². The van der Waals surface area contributed by atoms with Gasteiger partial charge in [-0.05, 0) is 38.2 Å². The van der Waals surface area contributed by atoms with E-state index in [0.29, 0.717) is 6.04 Å². The first kappa shape index (κ1) is 14.1. The number of halogens is 1. The van der Waals surface area contributed by atoms with Crippen LogP contribution in [0.1, 0.15) is 25.3 Å². The molecule has 0 saturated carbocycles. The summed E-state index contributed by atoms with van der Waals surface area (Å²) >= 11 is 0. The van der Waals surface area contributed by atoms with Crippen molar-refractivity contribution in [3.8, 4) is 0 Å². The fraction of sp³-hybridized carbons (Fsp3) is 0.571. The van der Waals surface area contributed by atoms with Crippen molar-refractivity contribution in [2.45, 2.75) is 32.4 Å². The second-order valence-electron chi connectivity index (χ2n) is 4.60. The highest BCUT2D eigenvalue weighted by Crippen LogP contribution is 2.07. The molecule has 3 heteroatoms. The van der Waals surface area contributed by atoms with Gasteiger partial charge in [-0.25, -0.2) is 4.39 Å². The summed E-state index contributed by atoms with van der Waals surface area (Å²) in [7, 11) is 4.11. The Balaban J connectivity index is 2.42. The van der Waals surface area contributed by atoms with Crippen molar-refractivity contribution in [1.82, 2.24) is 10.2 Å². The van der Waals surface area contributed by atoms with Crippen molar-refractivity contribution in [3.05, 3.63) is 35.6 Å². The average Bonchev–Trinajstić information content (AvgIpc) is 2.31. The molecule has 0 fully saturated rings. The van der Waals surface area contributed by atoms with E-state index in [1.165, 1.54) is 25.0 Å². The van der Waals surface area contributed by atoms with Gasteiger partial charge < -0.3 is 10.2 Å². The molecule has 1 rings (SSSR count). The minimum atomic E-state index is -0.171. The predicted molar refractivity (Wildman–Crippen MR) is 70.5 cm³/mol. The van der Waals surface area contributed by atoms with Crippen LogP contribution in [0, 0.1) is 5.82 Å². The largest absolute Gasteiger partial charge is 0.316 e. The van der Waals surface area contributed by atoms with Gasteiger partial charge in [-0.15, -0.1) is 0 Å². The van der Waals surface area contributed by atoms with Crippen LogP contribution in [0.25, 0.3) is 0 Å². The third-order valence-corrected chi connectivity index (χ3v) is 2.94. The standard InChI is InChI=1S/C14H23FN2/c1-4-5-14(16-2)11-17(3)10-12-6-8-13(15)9-7-12/h6-9,14,16H,4-5,10-11H2,1-3H3. The molecule has 1 aromatic rings. The van der Waals surface area contributed by atoms with Crippen molar-refractivity contribution < 1.29 is 4.39 Å². The smallest absolute Gasteiger partial charge is 0.123 e. The molecule has 0 radical (unpaired) electrons. The Morgan fingerprint density at radius 1 is 1.29 bits per heavy atom. The molecule has 0 amide bonds. The molecule has 0 aromatic heterocycles. The lowest BCUT2D eigenvalue weighted by Gasteiger charge is -2.23. The molecule has 2 nitrogen and oxygen atoms in total. The van der Waals surface area contributed by atoms with E-state index >= 15 is 0 Å². The predicted octanol–water partition coefficient (Wildman–Crippen LogP) is 2.65. The minimum absolute atomic E-state index is 0.171. The van der Waals surface area contributed by atoms with Crippen molar-refractivity contribution in [2.75, 3.05) is 20.6 Å². The maximum Gasteiger partial charge on any atom is 0.123 e. The zero-order valence-corrected chi connectivity index (χ0v) is 11.0. The number of hydrogen-bond acceptors (Lipinski definition) is 2. The third kappa shape index (κ3) is 5.29. The Morgan fingerprint density at radius 3 is 2.47 bits per heavy atom. The second-order valence-corrected chi connectivity index (χ2v) is 4.60. The molecule has 0 saturated heterocycles. The Hall–Kier alpha value is -0.930. The Morgan fingerprint density at radius 2 is 1.94 bits per heavy atom. The summed E-state index contributed by atoms with van der Waals surface area (Å²) < 4.78 is 12.8. The lowest BCUT2D eigenvalue weighted by molar-refractivity contribution is 0.280. The summed E-state index contributed by atoms with van der Waals surface area (Å²) in [5.74, 6) is -0.171. The lowest BCUT2D eigenvalue weighted by atomic mass is 10.1. The highest BCUT2D eigenvalue weighted by atomic mass is 19.1. The Kier molecular flexibility index (Phi) is 6.16. The van der Waals surface area contributed by atoms with Gasteiger partial charge in [-0.1, -0.05) is 25.5 Å². The molecule has 0 aliphatic heterocycles. The van der Waals surface area contributed by atoms with Crippen LogP contribution < -0.4 is 5.32 Å². The molecule has 96 valence electrons. The van der Waals surface area contributed by atoms with E-state index in [-0.39, 0.29) is 5.82 Å². The van der Waals surface area contributed by atoms with Gasteiger partial charge in [0.25, 0.3) is 0 Å². The molecule has 1 N–H and O–H groups in total. The highest BCUT2D eigenvalue weighted by molar-refractivity contribution is 5.15. The molecule has 0 aliphatic rings. The molecule has 17 heavy (non-hydrogen) atoms. The highest BCUT2D eigenvalue weighted by Gasteiger charge is 2.08. The van der Waals surface area contributed by atoms with E-state index in [2.05, 4.69) is 24.2 Å². The van der Waals surface area contributed by atoms with Crippen LogP contribution in [0.3, 0.4) is 0 Å². The monoisotopic (exact) mass is 238 g/mol. The summed E-state index contributed by atoms with van der Waals surface area (Å²) in [6.07, 6.45) is 2.38. The molecular formula is C14H23FN2. The molecule has 1 unspecified atom stereocenters. The van der Waals surface area contributed by atoms with Crippen LogP contribution >= 0.6 is 0 Å². The fourth-order valence-electron chi connectivity index (χ4n) is 2.02. The number of hydrogen-bond donors (Lipinski definition) is 1. The van der Waals surface area contributed by atoms with Crippen molar-refractivity contribution in [3.63, 3.8) is 0 Å². The number of rotatable bonds is 7. The fourth-order valence-corrected chi connectivity index (χ4v) is 2.02. The van der Waals surface area contributed by atoms with Gasteiger partial charge in [-0.3, -0.25) is 0 Å². The first-order valence-corrected chi connectivity index (χ1v) is 6.26. The summed E-state index contributed by atoms with van der Waals surface area (Å²) in [5, 5.41) is 3.33. The van der Waals surface area contributed by atoms with Gasteiger partial charge in [0.05, 0.1) is 0 Å². The maximum absolute atomic E-state index is 12.8. The zero-order chi connectivity index (χ0) is 12.7. The summed E-state index contributed by atoms with van der Waals surface area (Å²) in [6.45, 7) is 4.08. The third-order valence-electron chi connectivity index (χ3n) is 2.94. The summed E-state index contributed by atoms with van der Waals surface area (Å²) in [4.78, 5) is 2.27.